The minimum Gasteiger partial charge on any atom is -0.507 e. The molecule has 1 N–H and O–H groups in total. The number of fused-ring (bicyclic) bond motifs is 1. The van der Waals surface area contributed by atoms with Gasteiger partial charge in [-0.05, 0) is 61.1 Å². The fraction of sp³-hybridized carbons (Fsp3) is 0.281. The van der Waals surface area contributed by atoms with Gasteiger partial charge < -0.3 is 14.6 Å². The number of Topliss-reactive ketones (excluding diaryl/α,β-unsaturated/α-hetero) is 1. The Morgan fingerprint density at radius 3 is 2.50 bits per heavy atom. The summed E-state index contributed by atoms with van der Waals surface area (Å²) < 4.78 is 12.5. The van der Waals surface area contributed by atoms with Crippen molar-refractivity contribution in [2.45, 2.75) is 40.2 Å². The van der Waals surface area contributed by atoms with E-state index in [1.807, 2.05) is 32.0 Å². The number of ketones is 1. The maximum absolute atomic E-state index is 13.6. The molecule has 0 spiro atoms. The van der Waals surface area contributed by atoms with Crippen LogP contribution in [-0.4, -0.2) is 35.5 Å². The van der Waals surface area contributed by atoms with E-state index in [9.17, 15) is 14.7 Å². The molecule has 206 valence electrons. The highest BCUT2D eigenvalue weighted by atomic mass is 32.1. The molecular weight excluding hydrogens is 524 g/mol. The maximum Gasteiger partial charge on any atom is 0.301 e. The molecule has 0 bridgehead atoms. The van der Waals surface area contributed by atoms with E-state index in [0.29, 0.717) is 40.3 Å². The van der Waals surface area contributed by atoms with Gasteiger partial charge in [-0.3, -0.25) is 14.5 Å². The summed E-state index contributed by atoms with van der Waals surface area (Å²) in [6.45, 7) is 8.77. The van der Waals surface area contributed by atoms with Gasteiger partial charge in [-0.15, -0.1) is 0 Å². The number of ether oxygens (including phenoxy) is 2. The second-order valence-corrected chi connectivity index (χ2v) is 11.4. The summed E-state index contributed by atoms with van der Waals surface area (Å²) in [7, 11) is 1.55. The first kappa shape index (κ1) is 27.4. The summed E-state index contributed by atoms with van der Waals surface area (Å²) in [5.41, 5.74) is 3.89. The lowest BCUT2D eigenvalue weighted by Crippen LogP contribution is -2.29. The number of methoxy groups -OCH3 is 1. The first-order valence-corrected chi connectivity index (χ1v) is 14.1. The van der Waals surface area contributed by atoms with Crippen molar-refractivity contribution in [3.05, 3.63) is 88.5 Å². The van der Waals surface area contributed by atoms with Crippen LogP contribution in [0.4, 0.5) is 5.13 Å². The van der Waals surface area contributed by atoms with Gasteiger partial charge in [-0.2, -0.15) is 0 Å². The van der Waals surface area contributed by atoms with Crippen molar-refractivity contribution in [2.24, 2.45) is 5.92 Å². The molecule has 7 nitrogen and oxygen atoms in total. The lowest BCUT2D eigenvalue weighted by atomic mass is 9.95. The van der Waals surface area contributed by atoms with Gasteiger partial charge in [0.2, 0.25) is 0 Å². The molecule has 0 radical (unpaired) electrons. The summed E-state index contributed by atoms with van der Waals surface area (Å²) >= 11 is 1.35. The van der Waals surface area contributed by atoms with Gasteiger partial charge in [0.15, 0.2) is 16.6 Å². The molecule has 1 fully saturated rings. The molecule has 1 aromatic heterocycles. The van der Waals surface area contributed by atoms with Crippen molar-refractivity contribution in [3.63, 3.8) is 0 Å². The number of thiazole rings is 1. The monoisotopic (exact) mass is 556 g/mol. The topological polar surface area (TPSA) is 89.0 Å². The minimum atomic E-state index is -0.916. The number of aliphatic hydroxyl groups is 1. The van der Waals surface area contributed by atoms with Crippen LogP contribution >= 0.6 is 11.3 Å². The number of nitrogens with zero attached hydrogens (tertiary/aromatic N) is 2. The van der Waals surface area contributed by atoms with Gasteiger partial charge in [0.25, 0.3) is 5.78 Å². The lowest BCUT2D eigenvalue weighted by Gasteiger charge is -2.24. The predicted octanol–water partition coefficient (Wildman–Crippen LogP) is 6.97. The molecule has 0 saturated carbocycles. The number of carbonyl (C=O) groups excluding carboxylic acids is 2. The number of aryl methyl sites for hydroxylation is 2. The third kappa shape index (κ3) is 5.07. The van der Waals surface area contributed by atoms with Gasteiger partial charge in [-0.1, -0.05) is 67.6 Å². The molecule has 1 aliphatic heterocycles. The Hall–Kier alpha value is -4.17. The lowest BCUT2D eigenvalue weighted by molar-refractivity contribution is -0.132. The van der Waals surface area contributed by atoms with Crippen molar-refractivity contribution in [2.75, 3.05) is 18.6 Å². The highest BCUT2D eigenvalue weighted by Gasteiger charge is 2.48. The zero-order chi connectivity index (χ0) is 28.6. The van der Waals surface area contributed by atoms with E-state index in [4.69, 9.17) is 14.5 Å². The summed E-state index contributed by atoms with van der Waals surface area (Å²) in [6.07, 6.45) is 0.888. The van der Waals surface area contributed by atoms with E-state index in [1.165, 1.54) is 16.2 Å². The molecule has 5 rings (SSSR count). The number of carbonyl (C=O) groups is 2. The van der Waals surface area contributed by atoms with Crippen LogP contribution in [0.1, 0.15) is 48.6 Å². The third-order valence-corrected chi connectivity index (χ3v) is 7.97. The SMILES string of the molecule is COc1cc(C2/C(=C(\O)c3ccccc3)C(=O)C(=O)N2c2nc3c(C)cc(C)cc3s2)ccc1OCCC(C)C. The number of rotatable bonds is 8. The summed E-state index contributed by atoms with van der Waals surface area (Å²) in [5.74, 6) is -0.220. The van der Waals surface area contributed by atoms with E-state index in [1.54, 1.807) is 49.6 Å². The highest BCUT2D eigenvalue weighted by molar-refractivity contribution is 7.22. The normalized spacial score (nSPS) is 16.8. The zero-order valence-electron chi connectivity index (χ0n) is 23.2. The Balaban J connectivity index is 1.67. The summed E-state index contributed by atoms with van der Waals surface area (Å²) in [5, 5.41) is 11.8. The van der Waals surface area contributed by atoms with Crippen LogP contribution in [0.2, 0.25) is 0 Å². The number of hydrogen-bond acceptors (Lipinski definition) is 7. The molecule has 1 unspecified atom stereocenters. The van der Waals surface area contributed by atoms with Gasteiger partial charge in [-0.25, -0.2) is 4.98 Å². The molecule has 2 heterocycles. The van der Waals surface area contributed by atoms with Crippen molar-refractivity contribution < 1.29 is 24.2 Å². The van der Waals surface area contributed by atoms with Gasteiger partial charge in [0, 0.05) is 5.56 Å². The van der Waals surface area contributed by atoms with Crippen molar-refractivity contribution in [1.82, 2.24) is 4.98 Å². The molecule has 0 aliphatic carbocycles. The molecule has 1 atom stereocenters. The Kier molecular flexibility index (Phi) is 7.63. The molecular formula is C32H32N2O5S. The van der Waals surface area contributed by atoms with E-state index >= 15 is 0 Å². The first-order valence-electron chi connectivity index (χ1n) is 13.2. The molecule has 3 aromatic carbocycles. The Morgan fingerprint density at radius 1 is 1.05 bits per heavy atom. The molecule has 1 saturated heterocycles. The van der Waals surface area contributed by atoms with Gasteiger partial charge >= 0.3 is 5.91 Å². The van der Waals surface area contributed by atoms with Gasteiger partial charge in [0.05, 0.1) is 35.5 Å². The minimum absolute atomic E-state index is 0.00103. The van der Waals surface area contributed by atoms with Crippen molar-refractivity contribution in [3.8, 4) is 11.5 Å². The smallest absolute Gasteiger partial charge is 0.301 e. The summed E-state index contributed by atoms with van der Waals surface area (Å²) in [6, 6.07) is 17.3. The van der Waals surface area contributed by atoms with Crippen LogP contribution in [0, 0.1) is 19.8 Å². The number of anilines is 1. The molecule has 1 aliphatic rings. The summed E-state index contributed by atoms with van der Waals surface area (Å²) in [4.78, 5) is 33.4. The molecule has 1 amide bonds. The maximum atomic E-state index is 13.6. The van der Waals surface area contributed by atoms with E-state index < -0.39 is 17.7 Å². The average molecular weight is 557 g/mol. The van der Waals surface area contributed by atoms with Gasteiger partial charge in [0.1, 0.15) is 5.76 Å². The molecule has 40 heavy (non-hydrogen) atoms. The fourth-order valence-electron chi connectivity index (χ4n) is 4.94. The Morgan fingerprint density at radius 2 is 1.80 bits per heavy atom. The van der Waals surface area contributed by atoms with Crippen LogP contribution in [0.3, 0.4) is 0 Å². The zero-order valence-corrected chi connectivity index (χ0v) is 24.0. The number of benzene rings is 3. The van der Waals surface area contributed by atoms with E-state index in [-0.39, 0.29) is 11.3 Å². The Bertz CT molecular complexity index is 1620. The Labute approximate surface area is 237 Å². The van der Waals surface area contributed by atoms with Crippen LogP contribution in [-0.2, 0) is 9.59 Å². The number of aliphatic hydroxyl groups excluding tert-OH is 1. The molecule has 4 aromatic rings. The van der Waals surface area contributed by atoms with Crippen LogP contribution < -0.4 is 14.4 Å². The predicted molar refractivity (Wildman–Crippen MR) is 158 cm³/mol. The fourth-order valence-corrected chi connectivity index (χ4v) is 6.11. The van der Waals surface area contributed by atoms with E-state index in [2.05, 4.69) is 13.8 Å². The van der Waals surface area contributed by atoms with E-state index in [0.717, 1.165) is 27.8 Å². The number of hydrogen-bond donors (Lipinski definition) is 1. The largest absolute Gasteiger partial charge is 0.507 e. The molecule has 8 heteroatoms. The number of amides is 1. The average Bonchev–Trinajstić information content (AvgIpc) is 3.47. The third-order valence-electron chi connectivity index (χ3n) is 6.97. The quantitative estimate of drug-likeness (QED) is 0.143. The number of aromatic nitrogens is 1. The standard InChI is InChI=1S/C32H32N2O5S/c1-18(2)13-14-39-23-12-11-22(17-24(23)38-5)28-26(29(35)21-9-7-6-8-10-21)30(36)31(37)34(28)32-33-27-20(4)15-19(3)16-25(27)40-32/h6-12,15-18,28,35H,13-14H2,1-5H3/b29-26+. The van der Waals surface area contributed by atoms with Crippen molar-refractivity contribution >= 4 is 44.1 Å². The second kappa shape index (κ2) is 11.1. The second-order valence-electron chi connectivity index (χ2n) is 10.4. The van der Waals surface area contributed by atoms with Crippen molar-refractivity contribution in [1.29, 1.82) is 0 Å². The van der Waals surface area contributed by atoms with Crippen LogP contribution in [0.5, 0.6) is 11.5 Å². The highest BCUT2D eigenvalue weighted by Crippen LogP contribution is 2.46. The van der Waals surface area contributed by atoms with Crippen LogP contribution in [0.15, 0.2) is 66.2 Å². The first-order chi connectivity index (χ1) is 19.2. The van der Waals surface area contributed by atoms with Crippen LogP contribution in [0.25, 0.3) is 16.0 Å².